The van der Waals surface area contributed by atoms with Crippen LogP contribution in [-0.4, -0.2) is 39.0 Å². The Morgan fingerprint density at radius 3 is 3.00 bits per heavy atom. The minimum absolute atomic E-state index is 0.284. The Morgan fingerprint density at radius 2 is 2.24 bits per heavy atom. The van der Waals surface area contributed by atoms with E-state index in [9.17, 15) is 4.79 Å². The average Bonchev–Trinajstić information content (AvgIpc) is 2.98. The summed E-state index contributed by atoms with van der Waals surface area (Å²) in [7, 11) is 0. The van der Waals surface area contributed by atoms with Crippen LogP contribution in [0.4, 0.5) is 5.82 Å². The molecule has 0 bridgehead atoms. The molecule has 7 heteroatoms. The summed E-state index contributed by atoms with van der Waals surface area (Å²) < 4.78 is 1.79. The van der Waals surface area contributed by atoms with Crippen LogP contribution in [0.15, 0.2) is 24.5 Å². The highest BCUT2D eigenvalue weighted by Gasteiger charge is 2.18. The lowest BCUT2D eigenvalue weighted by atomic mass is 10.1. The Morgan fingerprint density at radius 1 is 1.43 bits per heavy atom. The highest BCUT2D eigenvalue weighted by atomic mass is 16.2. The van der Waals surface area contributed by atoms with Gasteiger partial charge in [0.25, 0.3) is 5.91 Å². The first-order chi connectivity index (χ1) is 10.2. The Balaban J connectivity index is 1.69. The van der Waals surface area contributed by atoms with Gasteiger partial charge in [0.15, 0.2) is 5.69 Å². The molecule has 0 aliphatic carbocycles. The van der Waals surface area contributed by atoms with Crippen LogP contribution in [0.2, 0.25) is 0 Å². The Labute approximate surface area is 122 Å². The fraction of sp³-hybridized carbons (Fsp3) is 0.429. The van der Waals surface area contributed by atoms with Gasteiger partial charge in [0.05, 0.1) is 12.2 Å². The van der Waals surface area contributed by atoms with Gasteiger partial charge in [0.1, 0.15) is 5.82 Å². The summed E-state index contributed by atoms with van der Waals surface area (Å²) in [4.78, 5) is 16.2. The van der Waals surface area contributed by atoms with E-state index in [0.29, 0.717) is 17.6 Å². The van der Waals surface area contributed by atoms with Crippen molar-refractivity contribution < 1.29 is 4.79 Å². The lowest BCUT2D eigenvalue weighted by Gasteiger charge is -2.22. The molecular weight excluding hydrogens is 268 g/mol. The highest BCUT2D eigenvalue weighted by molar-refractivity contribution is 6.02. The largest absolute Gasteiger partial charge is 0.317 e. The van der Waals surface area contributed by atoms with Crippen molar-refractivity contribution in [2.75, 3.05) is 18.4 Å². The molecule has 1 fully saturated rings. The first kappa shape index (κ1) is 13.7. The average molecular weight is 286 g/mol. The fourth-order valence-corrected chi connectivity index (χ4v) is 2.42. The lowest BCUT2D eigenvalue weighted by Crippen LogP contribution is -2.29. The number of piperidine rings is 1. The topological polar surface area (TPSA) is 84.7 Å². The summed E-state index contributed by atoms with van der Waals surface area (Å²) >= 11 is 0. The SMILES string of the molecule is Cc1ccnc(NC(=O)c2cn(C3CCNCC3)nn2)c1. The van der Waals surface area contributed by atoms with Crippen LogP contribution < -0.4 is 10.6 Å². The molecule has 0 radical (unpaired) electrons. The van der Waals surface area contributed by atoms with Crippen LogP contribution in [0, 0.1) is 6.92 Å². The number of carbonyl (C=O) groups excluding carboxylic acids is 1. The molecule has 3 rings (SSSR count). The minimum Gasteiger partial charge on any atom is -0.317 e. The molecule has 7 nitrogen and oxygen atoms in total. The number of carbonyl (C=O) groups is 1. The number of hydrogen-bond donors (Lipinski definition) is 2. The van der Waals surface area contributed by atoms with Crippen LogP contribution in [0.5, 0.6) is 0 Å². The number of anilines is 1. The number of pyridine rings is 1. The van der Waals surface area contributed by atoms with Crippen molar-refractivity contribution in [2.45, 2.75) is 25.8 Å². The van der Waals surface area contributed by atoms with Crippen molar-refractivity contribution in [3.63, 3.8) is 0 Å². The van der Waals surface area contributed by atoms with E-state index in [1.54, 1.807) is 17.1 Å². The van der Waals surface area contributed by atoms with Crippen molar-refractivity contribution in [2.24, 2.45) is 0 Å². The molecule has 2 N–H and O–H groups in total. The summed E-state index contributed by atoms with van der Waals surface area (Å²) in [6.07, 6.45) is 5.38. The van der Waals surface area contributed by atoms with Gasteiger partial charge >= 0.3 is 0 Å². The second kappa shape index (κ2) is 6.01. The number of aromatic nitrogens is 4. The molecule has 0 atom stereocenters. The maximum atomic E-state index is 12.1. The molecular formula is C14H18N6O. The van der Waals surface area contributed by atoms with Crippen LogP contribution in [0.1, 0.15) is 34.9 Å². The minimum atomic E-state index is -0.284. The van der Waals surface area contributed by atoms with Crippen molar-refractivity contribution in [1.82, 2.24) is 25.3 Å². The lowest BCUT2D eigenvalue weighted by molar-refractivity contribution is 0.102. The van der Waals surface area contributed by atoms with E-state index < -0.39 is 0 Å². The van der Waals surface area contributed by atoms with Gasteiger partial charge in [0, 0.05) is 6.20 Å². The van der Waals surface area contributed by atoms with Crippen molar-refractivity contribution in [3.8, 4) is 0 Å². The van der Waals surface area contributed by atoms with Crippen molar-refractivity contribution >= 4 is 11.7 Å². The molecule has 0 unspecified atom stereocenters. The van der Waals surface area contributed by atoms with E-state index in [-0.39, 0.29) is 5.91 Å². The van der Waals surface area contributed by atoms with E-state index in [4.69, 9.17) is 0 Å². The highest BCUT2D eigenvalue weighted by Crippen LogP contribution is 2.17. The first-order valence-corrected chi connectivity index (χ1v) is 7.09. The first-order valence-electron chi connectivity index (χ1n) is 7.09. The molecule has 0 aromatic carbocycles. The Kier molecular flexibility index (Phi) is 3.92. The zero-order chi connectivity index (χ0) is 14.7. The smallest absolute Gasteiger partial charge is 0.278 e. The monoisotopic (exact) mass is 286 g/mol. The van der Waals surface area contributed by atoms with Gasteiger partial charge in [-0.1, -0.05) is 5.21 Å². The maximum absolute atomic E-state index is 12.1. The van der Waals surface area contributed by atoms with Gasteiger partial charge in [-0.2, -0.15) is 0 Å². The molecule has 1 aliphatic heterocycles. The predicted molar refractivity (Wildman–Crippen MR) is 78.1 cm³/mol. The quantitative estimate of drug-likeness (QED) is 0.884. The predicted octanol–water partition coefficient (Wildman–Crippen LogP) is 1.16. The van der Waals surface area contributed by atoms with Crippen LogP contribution in [-0.2, 0) is 0 Å². The van der Waals surface area contributed by atoms with Gasteiger partial charge < -0.3 is 10.6 Å². The van der Waals surface area contributed by atoms with E-state index in [0.717, 1.165) is 31.5 Å². The maximum Gasteiger partial charge on any atom is 0.278 e. The standard InChI is InChI=1S/C14H18N6O/c1-10-2-7-16-13(8-10)17-14(21)12-9-20(19-18-12)11-3-5-15-6-4-11/h2,7-9,11,15H,3-6H2,1H3,(H,16,17,21). The normalized spacial score (nSPS) is 15.9. The van der Waals surface area contributed by atoms with Crippen LogP contribution in [0.3, 0.4) is 0 Å². The third-order valence-corrected chi connectivity index (χ3v) is 3.58. The van der Waals surface area contributed by atoms with Gasteiger partial charge in [-0.05, 0) is 50.6 Å². The van der Waals surface area contributed by atoms with E-state index in [1.165, 1.54) is 0 Å². The molecule has 0 saturated carbocycles. The molecule has 1 amide bonds. The Hall–Kier alpha value is -2.28. The third-order valence-electron chi connectivity index (χ3n) is 3.58. The number of amides is 1. The summed E-state index contributed by atoms with van der Waals surface area (Å²) in [5.41, 5.74) is 1.36. The van der Waals surface area contributed by atoms with E-state index in [1.807, 2.05) is 19.1 Å². The molecule has 1 saturated heterocycles. The second-order valence-electron chi connectivity index (χ2n) is 5.24. The number of nitrogens with zero attached hydrogens (tertiary/aromatic N) is 4. The number of rotatable bonds is 3. The summed E-state index contributed by atoms with van der Waals surface area (Å²) in [6, 6.07) is 4.01. The number of aryl methyl sites for hydroxylation is 1. The number of nitrogens with one attached hydrogen (secondary N) is 2. The van der Waals surface area contributed by atoms with Crippen LogP contribution in [0.25, 0.3) is 0 Å². The molecule has 2 aromatic rings. The van der Waals surface area contributed by atoms with Gasteiger partial charge in [-0.15, -0.1) is 5.10 Å². The van der Waals surface area contributed by atoms with Crippen molar-refractivity contribution in [1.29, 1.82) is 0 Å². The second-order valence-corrected chi connectivity index (χ2v) is 5.24. The Bertz CT molecular complexity index is 632. The summed E-state index contributed by atoms with van der Waals surface area (Å²) in [6.45, 7) is 3.89. The van der Waals surface area contributed by atoms with Crippen LogP contribution >= 0.6 is 0 Å². The molecule has 2 aromatic heterocycles. The molecule has 0 spiro atoms. The third kappa shape index (κ3) is 3.25. The summed E-state index contributed by atoms with van der Waals surface area (Å²) in [5, 5.41) is 14.1. The zero-order valence-corrected chi connectivity index (χ0v) is 11.9. The van der Waals surface area contributed by atoms with Gasteiger partial charge in [0.2, 0.25) is 0 Å². The molecule has 3 heterocycles. The van der Waals surface area contributed by atoms with E-state index in [2.05, 4.69) is 25.9 Å². The van der Waals surface area contributed by atoms with Gasteiger partial charge in [-0.25, -0.2) is 9.67 Å². The van der Waals surface area contributed by atoms with Crippen molar-refractivity contribution in [3.05, 3.63) is 35.8 Å². The molecule has 21 heavy (non-hydrogen) atoms. The molecule has 110 valence electrons. The number of hydrogen-bond acceptors (Lipinski definition) is 5. The fourth-order valence-electron chi connectivity index (χ4n) is 2.42. The zero-order valence-electron chi connectivity index (χ0n) is 11.9. The van der Waals surface area contributed by atoms with E-state index >= 15 is 0 Å². The molecule has 1 aliphatic rings. The summed E-state index contributed by atoms with van der Waals surface area (Å²) in [5.74, 6) is 0.240. The van der Waals surface area contributed by atoms with Gasteiger partial charge in [-0.3, -0.25) is 4.79 Å².